The summed E-state index contributed by atoms with van der Waals surface area (Å²) >= 11 is 5.64. The molecule has 2 N–H and O–H groups in total. The molecule has 0 unspecified atom stereocenters. The van der Waals surface area contributed by atoms with Gasteiger partial charge >= 0.3 is 6.18 Å². The molecule has 94 valence electrons. The van der Waals surface area contributed by atoms with Crippen LogP contribution in [-0.4, -0.2) is 30.6 Å². The zero-order chi connectivity index (χ0) is 13.2. The van der Waals surface area contributed by atoms with Crippen molar-refractivity contribution in [2.75, 3.05) is 19.3 Å². The van der Waals surface area contributed by atoms with Crippen LogP contribution in [0.2, 0.25) is 5.02 Å². The average molecular weight is 267 g/mol. The second kappa shape index (κ2) is 4.83. The number of hydrogen-bond donors (Lipinski definition) is 1. The van der Waals surface area contributed by atoms with E-state index in [4.69, 9.17) is 17.3 Å². The summed E-state index contributed by atoms with van der Waals surface area (Å²) in [5, 5.41) is 0.250. The van der Waals surface area contributed by atoms with E-state index in [9.17, 15) is 18.0 Å². The van der Waals surface area contributed by atoms with Crippen LogP contribution in [-0.2, 0) is 0 Å². The van der Waals surface area contributed by atoms with Crippen molar-refractivity contribution in [1.82, 2.24) is 4.90 Å². The quantitative estimate of drug-likeness (QED) is 0.836. The lowest BCUT2D eigenvalue weighted by Crippen LogP contribution is -2.35. The van der Waals surface area contributed by atoms with Crippen molar-refractivity contribution >= 4 is 23.2 Å². The molecule has 0 aliphatic heterocycles. The summed E-state index contributed by atoms with van der Waals surface area (Å²) in [6, 6.07) is 3.94. The number of nitrogen functional groups attached to an aromatic ring is 1. The Hall–Kier alpha value is -1.43. The fourth-order valence-corrected chi connectivity index (χ4v) is 1.36. The summed E-state index contributed by atoms with van der Waals surface area (Å²) in [5.74, 6) is -0.759. The summed E-state index contributed by atoms with van der Waals surface area (Å²) in [6.07, 6.45) is -4.43. The molecule has 0 aliphatic carbocycles. The first-order chi connectivity index (χ1) is 7.70. The Balaban J connectivity index is 2.85. The van der Waals surface area contributed by atoms with E-state index in [2.05, 4.69) is 0 Å². The fraction of sp³-hybridized carbons (Fsp3) is 0.300. The molecule has 1 aromatic carbocycles. The molecule has 0 aliphatic rings. The molecule has 3 nitrogen and oxygen atoms in total. The van der Waals surface area contributed by atoms with Gasteiger partial charge < -0.3 is 10.6 Å². The second-order valence-corrected chi connectivity index (χ2v) is 3.92. The van der Waals surface area contributed by atoms with Gasteiger partial charge in [0.05, 0.1) is 10.7 Å². The van der Waals surface area contributed by atoms with Crippen LogP contribution in [0.25, 0.3) is 0 Å². The highest BCUT2D eigenvalue weighted by Gasteiger charge is 2.31. The predicted molar refractivity (Wildman–Crippen MR) is 58.9 cm³/mol. The van der Waals surface area contributed by atoms with Crippen molar-refractivity contribution in [3.8, 4) is 0 Å². The maximum absolute atomic E-state index is 12.1. The van der Waals surface area contributed by atoms with E-state index in [0.29, 0.717) is 4.90 Å². The zero-order valence-electron chi connectivity index (χ0n) is 8.88. The monoisotopic (exact) mass is 266 g/mol. The first-order valence-electron chi connectivity index (χ1n) is 4.58. The smallest absolute Gasteiger partial charge is 0.398 e. The van der Waals surface area contributed by atoms with Crippen LogP contribution < -0.4 is 5.73 Å². The molecular weight excluding hydrogens is 257 g/mol. The molecule has 0 saturated carbocycles. The van der Waals surface area contributed by atoms with E-state index in [-0.39, 0.29) is 16.3 Å². The molecule has 7 heteroatoms. The minimum absolute atomic E-state index is 0.0682. The van der Waals surface area contributed by atoms with E-state index in [1.807, 2.05) is 0 Å². The Labute approximate surface area is 101 Å². The molecule has 17 heavy (non-hydrogen) atoms. The van der Waals surface area contributed by atoms with Gasteiger partial charge in [-0.2, -0.15) is 13.2 Å². The highest BCUT2D eigenvalue weighted by molar-refractivity contribution is 6.33. The average Bonchev–Trinajstić information content (AvgIpc) is 2.18. The van der Waals surface area contributed by atoms with Gasteiger partial charge in [0.1, 0.15) is 6.54 Å². The number of benzene rings is 1. The summed E-state index contributed by atoms with van der Waals surface area (Å²) in [4.78, 5) is 12.2. The lowest BCUT2D eigenvalue weighted by atomic mass is 10.2. The molecule has 1 amide bonds. The van der Waals surface area contributed by atoms with Crippen LogP contribution in [0.1, 0.15) is 10.4 Å². The number of amides is 1. The molecule has 0 saturated heterocycles. The highest BCUT2D eigenvalue weighted by atomic mass is 35.5. The third kappa shape index (κ3) is 3.81. The van der Waals surface area contributed by atoms with E-state index in [1.165, 1.54) is 18.2 Å². The number of halogens is 4. The first-order valence-corrected chi connectivity index (χ1v) is 4.96. The number of anilines is 1. The van der Waals surface area contributed by atoms with Crippen LogP contribution in [0.15, 0.2) is 18.2 Å². The lowest BCUT2D eigenvalue weighted by Gasteiger charge is -2.19. The van der Waals surface area contributed by atoms with Gasteiger partial charge in [0.25, 0.3) is 5.91 Å². The Bertz CT molecular complexity index is 434. The number of rotatable bonds is 2. The molecule has 1 aromatic rings. The number of nitrogens with two attached hydrogens (primary N) is 1. The molecule has 0 atom stereocenters. The molecule has 0 fully saturated rings. The van der Waals surface area contributed by atoms with Crippen LogP contribution in [0.4, 0.5) is 18.9 Å². The molecular formula is C10H10ClF3N2O. The lowest BCUT2D eigenvalue weighted by molar-refractivity contribution is -0.138. The van der Waals surface area contributed by atoms with Crippen LogP contribution in [0.5, 0.6) is 0 Å². The Morgan fingerprint density at radius 3 is 2.53 bits per heavy atom. The van der Waals surface area contributed by atoms with Crippen LogP contribution in [0.3, 0.4) is 0 Å². The Morgan fingerprint density at radius 2 is 2.06 bits per heavy atom. The van der Waals surface area contributed by atoms with Gasteiger partial charge in [-0.05, 0) is 18.2 Å². The third-order valence-corrected chi connectivity index (χ3v) is 2.35. The van der Waals surface area contributed by atoms with Gasteiger partial charge in [0.15, 0.2) is 0 Å². The Kier molecular flexibility index (Phi) is 3.87. The topological polar surface area (TPSA) is 46.3 Å². The summed E-state index contributed by atoms with van der Waals surface area (Å²) in [7, 11) is 1.07. The van der Waals surface area contributed by atoms with Gasteiger partial charge in [-0.1, -0.05) is 11.6 Å². The molecule has 0 radical (unpaired) electrons. The molecule has 0 bridgehead atoms. The SMILES string of the molecule is CN(CC(F)(F)F)C(=O)c1ccc(Cl)c(N)c1. The van der Waals surface area contributed by atoms with Gasteiger partial charge in [0.2, 0.25) is 0 Å². The van der Waals surface area contributed by atoms with Crippen molar-refractivity contribution in [2.24, 2.45) is 0 Å². The number of nitrogens with zero attached hydrogens (tertiary/aromatic N) is 1. The number of carbonyl (C=O) groups is 1. The van der Waals surface area contributed by atoms with Crippen molar-refractivity contribution in [1.29, 1.82) is 0 Å². The number of carbonyl (C=O) groups excluding carboxylic acids is 1. The highest BCUT2D eigenvalue weighted by Crippen LogP contribution is 2.21. The third-order valence-electron chi connectivity index (χ3n) is 2.01. The van der Waals surface area contributed by atoms with Gasteiger partial charge in [0, 0.05) is 12.6 Å². The Morgan fingerprint density at radius 1 is 1.47 bits per heavy atom. The first kappa shape index (κ1) is 13.6. The molecule has 1 rings (SSSR count). The van der Waals surface area contributed by atoms with Gasteiger partial charge in [-0.25, -0.2) is 0 Å². The predicted octanol–water partition coefficient (Wildman–Crippen LogP) is 2.56. The van der Waals surface area contributed by atoms with Gasteiger partial charge in [-0.3, -0.25) is 4.79 Å². The number of alkyl halides is 3. The van der Waals surface area contributed by atoms with E-state index >= 15 is 0 Å². The standard InChI is InChI=1S/C10H10ClF3N2O/c1-16(5-10(12,13)14)9(17)6-2-3-7(11)8(15)4-6/h2-4H,5,15H2,1H3. The largest absolute Gasteiger partial charge is 0.406 e. The van der Waals surface area contributed by atoms with Crippen LogP contribution >= 0.6 is 11.6 Å². The fourth-order valence-electron chi connectivity index (χ4n) is 1.24. The minimum atomic E-state index is -4.43. The molecule has 0 spiro atoms. The maximum atomic E-state index is 12.1. The number of hydrogen-bond acceptors (Lipinski definition) is 2. The van der Waals surface area contributed by atoms with E-state index in [1.54, 1.807) is 0 Å². The summed E-state index contributed by atoms with van der Waals surface area (Å²) in [5.41, 5.74) is 5.68. The van der Waals surface area contributed by atoms with Crippen molar-refractivity contribution in [3.63, 3.8) is 0 Å². The molecule has 0 aromatic heterocycles. The van der Waals surface area contributed by atoms with E-state index < -0.39 is 18.6 Å². The maximum Gasteiger partial charge on any atom is 0.406 e. The minimum Gasteiger partial charge on any atom is -0.398 e. The van der Waals surface area contributed by atoms with Crippen LogP contribution in [0, 0.1) is 0 Å². The van der Waals surface area contributed by atoms with Crippen molar-refractivity contribution < 1.29 is 18.0 Å². The van der Waals surface area contributed by atoms with Crippen molar-refractivity contribution in [3.05, 3.63) is 28.8 Å². The second-order valence-electron chi connectivity index (χ2n) is 3.51. The molecule has 0 heterocycles. The summed E-state index contributed by atoms with van der Waals surface area (Å²) in [6.45, 7) is -1.31. The van der Waals surface area contributed by atoms with Gasteiger partial charge in [-0.15, -0.1) is 0 Å². The van der Waals surface area contributed by atoms with E-state index in [0.717, 1.165) is 7.05 Å². The zero-order valence-corrected chi connectivity index (χ0v) is 9.64. The van der Waals surface area contributed by atoms with Crippen molar-refractivity contribution in [2.45, 2.75) is 6.18 Å². The normalized spacial score (nSPS) is 11.4. The summed E-state index contributed by atoms with van der Waals surface area (Å²) < 4.78 is 36.3.